The summed E-state index contributed by atoms with van der Waals surface area (Å²) in [6.07, 6.45) is 8.85. The van der Waals surface area contributed by atoms with Crippen LogP contribution in [0.25, 0.3) is 11.0 Å². The summed E-state index contributed by atoms with van der Waals surface area (Å²) >= 11 is 0. The van der Waals surface area contributed by atoms with Crippen LogP contribution >= 0.6 is 0 Å². The Balaban J connectivity index is 1.08. The van der Waals surface area contributed by atoms with Crippen molar-refractivity contribution >= 4 is 16.9 Å². The van der Waals surface area contributed by atoms with Gasteiger partial charge in [-0.25, -0.2) is 0 Å². The fraction of sp³-hybridized carbons (Fsp3) is 0.680. The van der Waals surface area contributed by atoms with Gasteiger partial charge in [0.1, 0.15) is 5.76 Å². The minimum absolute atomic E-state index is 0.160. The zero-order chi connectivity index (χ0) is 22.3. The number of aliphatic hydroxyl groups excluding tert-OH is 1. The Bertz CT molecular complexity index is 924. The second-order valence-electron chi connectivity index (χ2n) is 10.8. The van der Waals surface area contributed by atoms with E-state index in [1.807, 2.05) is 12.1 Å². The molecule has 2 aromatic rings. The van der Waals surface area contributed by atoms with E-state index in [2.05, 4.69) is 34.1 Å². The van der Waals surface area contributed by atoms with Crippen LogP contribution in [-0.2, 0) is 4.79 Å². The molecule has 1 amide bonds. The van der Waals surface area contributed by atoms with Crippen molar-refractivity contribution in [3.8, 4) is 0 Å². The molecule has 1 saturated carbocycles. The smallest absolute Gasteiger partial charge is 0.223 e. The molecule has 2 N–H and O–H groups in total. The number of aliphatic hydroxyl groups is 1. The largest absolute Gasteiger partial charge is 0.455 e. The number of fused-ring (bicyclic) bond motifs is 1. The third-order valence-electron chi connectivity index (χ3n) is 8.41. The number of likely N-dealkylation sites (tertiary alicyclic amines) is 2. The molecule has 3 aliphatic rings. The van der Waals surface area contributed by atoms with Crippen LogP contribution in [0.15, 0.2) is 28.9 Å². The highest BCUT2D eigenvalue weighted by Crippen LogP contribution is 2.59. The Morgan fingerprint density at radius 2 is 2.03 bits per heavy atom. The van der Waals surface area contributed by atoms with E-state index in [0.717, 1.165) is 63.8 Å². The van der Waals surface area contributed by atoms with Crippen LogP contribution in [0.4, 0.5) is 0 Å². The lowest BCUT2D eigenvalue weighted by Crippen LogP contribution is -2.44. The third-order valence-corrected chi connectivity index (χ3v) is 8.41. The lowest BCUT2D eigenvalue weighted by Gasteiger charge is -2.40. The van der Waals surface area contributed by atoms with E-state index in [-0.39, 0.29) is 5.41 Å². The molecule has 0 bridgehead atoms. The minimum Gasteiger partial charge on any atom is -0.455 e. The molecule has 3 fully saturated rings. The number of pyridine rings is 1. The molecule has 0 radical (unpaired) electrons. The van der Waals surface area contributed by atoms with Gasteiger partial charge < -0.3 is 19.3 Å². The van der Waals surface area contributed by atoms with Gasteiger partial charge in [0.25, 0.3) is 0 Å². The van der Waals surface area contributed by atoms with E-state index >= 15 is 0 Å². The van der Waals surface area contributed by atoms with Gasteiger partial charge in [0.15, 0.2) is 11.8 Å². The Kier molecular flexibility index (Phi) is 5.76. The molecule has 2 unspecified atom stereocenters. The highest BCUT2D eigenvalue weighted by molar-refractivity contribution is 5.77. The second-order valence-corrected chi connectivity index (χ2v) is 10.8. The summed E-state index contributed by atoms with van der Waals surface area (Å²) in [4.78, 5) is 21.5. The van der Waals surface area contributed by atoms with Crippen molar-refractivity contribution in [3.05, 3.63) is 30.3 Å². The van der Waals surface area contributed by atoms with Gasteiger partial charge in [0.2, 0.25) is 5.91 Å². The number of rotatable bonds is 6. The van der Waals surface area contributed by atoms with Gasteiger partial charge in [0, 0.05) is 37.6 Å². The predicted octanol–water partition coefficient (Wildman–Crippen LogP) is 3.16. The Morgan fingerprint density at radius 3 is 2.75 bits per heavy atom. The number of hydrogen-bond acceptors (Lipinski definition) is 6. The van der Waals surface area contributed by atoms with Crippen molar-refractivity contribution < 1.29 is 14.3 Å². The minimum atomic E-state index is -0.808. The fourth-order valence-electron chi connectivity index (χ4n) is 5.74. The number of carbonyl (C=O) groups excluding carboxylic acids is 1. The predicted molar refractivity (Wildman–Crippen MR) is 123 cm³/mol. The first kappa shape index (κ1) is 21.9. The Labute approximate surface area is 190 Å². The van der Waals surface area contributed by atoms with Gasteiger partial charge in [-0.05, 0) is 81.1 Å². The number of amides is 1. The first-order chi connectivity index (χ1) is 15.4. The zero-order valence-corrected chi connectivity index (χ0v) is 19.3. The first-order valence-corrected chi connectivity index (χ1v) is 12.1. The quantitative estimate of drug-likeness (QED) is 0.672. The van der Waals surface area contributed by atoms with Crippen LogP contribution in [0.2, 0.25) is 0 Å². The zero-order valence-electron chi connectivity index (χ0n) is 19.3. The molecule has 32 heavy (non-hydrogen) atoms. The topological polar surface area (TPSA) is 81.8 Å². The van der Waals surface area contributed by atoms with E-state index in [4.69, 9.17) is 4.42 Å². The maximum Gasteiger partial charge on any atom is 0.223 e. The van der Waals surface area contributed by atoms with Gasteiger partial charge in [0.05, 0.1) is 6.20 Å². The summed E-state index contributed by atoms with van der Waals surface area (Å²) in [6, 6.07) is 3.75. The molecule has 2 atom stereocenters. The van der Waals surface area contributed by atoms with E-state index in [0.29, 0.717) is 35.0 Å². The monoisotopic (exact) mass is 440 g/mol. The highest BCUT2D eigenvalue weighted by atomic mass is 16.4. The van der Waals surface area contributed by atoms with E-state index in [9.17, 15) is 9.90 Å². The van der Waals surface area contributed by atoms with Crippen molar-refractivity contribution in [1.29, 1.82) is 0 Å². The lowest BCUT2D eigenvalue weighted by molar-refractivity contribution is -0.135. The maximum atomic E-state index is 13.0. The van der Waals surface area contributed by atoms with Crippen molar-refractivity contribution in [2.45, 2.75) is 51.7 Å². The number of nitrogens with one attached hydrogen (secondary N) is 1. The molecule has 0 aromatic carbocycles. The summed E-state index contributed by atoms with van der Waals surface area (Å²) in [6.45, 7) is 7.01. The number of furan rings is 1. The Hall–Kier alpha value is -1.96. The van der Waals surface area contributed by atoms with E-state index < -0.39 is 6.23 Å². The highest BCUT2D eigenvalue weighted by Gasteiger charge is 2.54. The average Bonchev–Trinajstić information content (AvgIpc) is 3.26. The molecule has 2 saturated heterocycles. The summed E-state index contributed by atoms with van der Waals surface area (Å²) < 4.78 is 5.71. The van der Waals surface area contributed by atoms with Gasteiger partial charge >= 0.3 is 0 Å². The SMILES string of the molecule is CN1CCC(C)(CC(=O)N2CCC3(CC2)CC3CNC(O)c2cc3ccncc3o2)CC1. The van der Waals surface area contributed by atoms with Gasteiger partial charge in [-0.2, -0.15) is 0 Å². The molecule has 174 valence electrons. The molecular weight excluding hydrogens is 404 g/mol. The van der Waals surface area contributed by atoms with Crippen LogP contribution in [0.1, 0.15) is 57.4 Å². The number of piperidine rings is 2. The molecule has 7 nitrogen and oxygen atoms in total. The van der Waals surface area contributed by atoms with Gasteiger partial charge in [-0.3, -0.25) is 15.1 Å². The molecule has 7 heteroatoms. The van der Waals surface area contributed by atoms with Gasteiger partial charge in [-0.15, -0.1) is 0 Å². The summed E-state index contributed by atoms with van der Waals surface area (Å²) in [5.41, 5.74) is 1.20. The molecule has 4 heterocycles. The summed E-state index contributed by atoms with van der Waals surface area (Å²) in [7, 11) is 2.17. The number of nitrogens with zero attached hydrogens (tertiary/aromatic N) is 3. The van der Waals surface area contributed by atoms with Crippen LogP contribution < -0.4 is 5.32 Å². The normalized spacial score (nSPS) is 25.8. The van der Waals surface area contributed by atoms with Crippen molar-refractivity contribution in [1.82, 2.24) is 20.1 Å². The van der Waals surface area contributed by atoms with Crippen LogP contribution in [-0.4, -0.2) is 65.6 Å². The van der Waals surface area contributed by atoms with Gasteiger partial charge in [-0.1, -0.05) is 6.92 Å². The number of aromatic nitrogens is 1. The van der Waals surface area contributed by atoms with E-state index in [1.165, 1.54) is 6.42 Å². The molecule has 5 rings (SSSR count). The van der Waals surface area contributed by atoms with Crippen molar-refractivity contribution in [2.75, 3.05) is 39.8 Å². The van der Waals surface area contributed by atoms with Crippen LogP contribution in [0.3, 0.4) is 0 Å². The number of carbonyl (C=O) groups is 1. The first-order valence-electron chi connectivity index (χ1n) is 12.1. The average molecular weight is 441 g/mol. The molecule has 2 aromatic heterocycles. The third kappa shape index (κ3) is 4.43. The maximum absolute atomic E-state index is 13.0. The Morgan fingerprint density at radius 1 is 1.28 bits per heavy atom. The van der Waals surface area contributed by atoms with Crippen LogP contribution in [0.5, 0.6) is 0 Å². The summed E-state index contributed by atoms with van der Waals surface area (Å²) in [5.74, 6) is 1.44. The van der Waals surface area contributed by atoms with Crippen LogP contribution in [0, 0.1) is 16.7 Å². The fourth-order valence-corrected chi connectivity index (χ4v) is 5.74. The molecule has 2 aliphatic heterocycles. The molecule has 1 spiro atoms. The second kappa shape index (κ2) is 8.43. The lowest BCUT2D eigenvalue weighted by atomic mass is 9.77. The number of hydrogen-bond donors (Lipinski definition) is 2. The standard InChI is InChI=1S/C25H36N4O3/c1-24(4-9-28(2)10-5-24)15-22(30)29-11-6-25(7-12-29)14-19(25)16-27-23(31)20-13-18-3-8-26-17-21(18)32-20/h3,8,13,17,19,23,27,31H,4-7,9-12,14-16H2,1-2H3. The summed E-state index contributed by atoms with van der Waals surface area (Å²) in [5, 5.41) is 14.7. The van der Waals surface area contributed by atoms with Crippen molar-refractivity contribution in [2.24, 2.45) is 16.7 Å². The molecular formula is C25H36N4O3. The van der Waals surface area contributed by atoms with E-state index in [1.54, 1.807) is 12.4 Å². The van der Waals surface area contributed by atoms with Crippen molar-refractivity contribution in [3.63, 3.8) is 0 Å². The molecule has 1 aliphatic carbocycles.